The number of rotatable bonds is 9. The summed E-state index contributed by atoms with van der Waals surface area (Å²) in [5.41, 5.74) is 5.08. The highest BCUT2D eigenvalue weighted by Crippen LogP contribution is 2.57. The largest absolute Gasteiger partial charge is 0.476 e. The van der Waals surface area contributed by atoms with Crippen LogP contribution in [-0.2, 0) is 24.9 Å². The summed E-state index contributed by atoms with van der Waals surface area (Å²) >= 11 is 0. The van der Waals surface area contributed by atoms with Crippen LogP contribution in [0.3, 0.4) is 0 Å². The van der Waals surface area contributed by atoms with Crippen LogP contribution in [0.25, 0.3) is 11.2 Å². The number of fused-ring (bicyclic) bond motifs is 1. The maximum Gasteiger partial charge on any atom is 0.476 e. The molecule has 0 amide bonds. The minimum atomic E-state index is -5.13. The summed E-state index contributed by atoms with van der Waals surface area (Å²) in [5.74, 6) is -0.126. The van der Waals surface area contributed by atoms with Crippen molar-refractivity contribution in [3.63, 3.8) is 0 Å². The fraction of sp³-hybridized carbons (Fsp3) is 0.500. The molecule has 0 radical (unpaired) electrons. The van der Waals surface area contributed by atoms with E-state index in [2.05, 4.69) is 19.3 Å². The monoisotopic (exact) mass is 413 g/mol. The van der Waals surface area contributed by atoms with Crippen LogP contribution in [0, 0.1) is 0 Å². The first kappa shape index (κ1) is 20.7. The summed E-state index contributed by atoms with van der Waals surface area (Å²) < 4.78 is 32.7. The Morgan fingerprint density at radius 2 is 2.04 bits per heavy atom. The summed E-state index contributed by atoms with van der Waals surface area (Å²) in [6, 6.07) is 0. The molecule has 0 bridgehead atoms. The van der Waals surface area contributed by atoms with Crippen LogP contribution in [0.2, 0.25) is 0 Å². The second-order valence-corrected chi connectivity index (χ2v) is 8.52. The summed E-state index contributed by atoms with van der Waals surface area (Å²) in [6.07, 6.45) is -0.576. The number of aliphatic hydroxyl groups excluding tert-OH is 1. The number of anilines is 1. The lowest BCUT2D eigenvalue weighted by Crippen LogP contribution is -2.21. The van der Waals surface area contributed by atoms with E-state index in [0.29, 0.717) is 0 Å². The molecule has 2 heterocycles. The highest BCUT2D eigenvalue weighted by atomic mass is 31.3. The molecule has 26 heavy (non-hydrogen) atoms. The number of hydrogen-bond acceptors (Lipinski definition) is 9. The number of aromatic amines is 1. The van der Waals surface area contributed by atoms with E-state index in [1.54, 1.807) is 0 Å². The van der Waals surface area contributed by atoms with Gasteiger partial charge in [0.25, 0.3) is 5.56 Å². The highest BCUT2D eigenvalue weighted by molar-refractivity contribution is 7.63. The van der Waals surface area contributed by atoms with E-state index in [1.807, 2.05) is 0 Å². The van der Waals surface area contributed by atoms with Crippen molar-refractivity contribution in [2.24, 2.45) is 0 Å². The zero-order chi connectivity index (χ0) is 19.5. The average molecular weight is 413 g/mol. The molecule has 2 rings (SSSR count). The number of nitrogens with two attached hydrogens (primary N) is 1. The highest BCUT2D eigenvalue weighted by Gasteiger charge is 2.31. The minimum Gasteiger partial charge on any atom is -0.394 e. The molecule has 0 aliphatic carbocycles. The van der Waals surface area contributed by atoms with Crippen LogP contribution < -0.4 is 11.3 Å². The predicted molar refractivity (Wildman–Crippen MR) is 87.0 cm³/mol. The number of ether oxygens (including phenoxy) is 1. The van der Waals surface area contributed by atoms with Crippen molar-refractivity contribution in [3.05, 3.63) is 16.7 Å². The van der Waals surface area contributed by atoms with E-state index < -0.39 is 39.9 Å². The van der Waals surface area contributed by atoms with E-state index in [4.69, 9.17) is 20.3 Å². The quantitative estimate of drug-likeness (QED) is 0.264. The first-order valence-electron chi connectivity index (χ1n) is 7.02. The molecule has 2 aromatic heterocycles. The van der Waals surface area contributed by atoms with Gasteiger partial charge in [-0.2, -0.15) is 4.98 Å². The van der Waals surface area contributed by atoms with Crippen molar-refractivity contribution in [2.75, 3.05) is 18.5 Å². The zero-order valence-corrected chi connectivity index (χ0v) is 14.9. The van der Waals surface area contributed by atoms with Gasteiger partial charge in [-0.1, -0.05) is 0 Å². The van der Waals surface area contributed by atoms with Gasteiger partial charge in [0.2, 0.25) is 5.95 Å². The van der Waals surface area contributed by atoms with Crippen LogP contribution in [0.5, 0.6) is 0 Å². The number of aromatic nitrogens is 4. The average Bonchev–Trinajstić information content (AvgIpc) is 2.88. The van der Waals surface area contributed by atoms with E-state index in [-0.39, 0.29) is 30.3 Å². The number of phosphoric acid groups is 1. The van der Waals surface area contributed by atoms with Crippen LogP contribution in [-0.4, -0.2) is 58.2 Å². The third-order valence-corrected chi connectivity index (χ3v) is 5.81. The molecule has 2 aromatic rings. The standard InChI is InChI=1S/C10H17N5O9P2/c11-10-13-8-7(9(17)14-10)12-4-15(8)5-23-6(3-16)1-2-25(18,19)24-26(20,21)22/h4,6,16H,1-3,5H2,(H,18,19)(H2,20,21,22)(H3,11,13,14,17)/t6-/m1/s1. The van der Waals surface area contributed by atoms with Crippen LogP contribution >= 0.6 is 15.4 Å². The molecule has 0 aliphatic heterocycles. The van der Waals surface area contributed by atoms with Gasteiger partial charge in [-0.3, -0.25) is 18.9 Å². The number of nitrogens with one attached hydrogen (secondary N) is 1. The van der Waals surface area contributed by atoms with Crippen LogP contribution in [0.1, 0.15) is 6.42 Å². The van der Waals surface area contributed by atoms with Gasteiger partial charge in [0.15, 0.2) is 11.2 Å². The number of imidazole rings is 1. The zero-order valence-electron chi connectivity index (χ0n) is 13.1. The second-order valence-electron chi connectivity index (χ2n) is 5.16. The Balaban J connectivity index is 2.00. The molecule has 16 heteroatoms. The van der Waals surface area contributed by atoms with Gasteiger partial charge in [-0.15, -0.1) is 0 Å². The Morgan fingerprint density at radius 1 is 1.35 bits per heavy atom. The molecular weight excluding hydrogens is 396 g/mol. The van der Waals surface area contributed by atoms with Gasteiger partial charge in [0.05, 0.1) is 25.2 Å². The molecule has 0 aromatic carbocycles. The molecule has 0 saturated carbocycles. The van der Waals surface area contributed by atoms with Gasteiger partial charge in [0, 0.05) is 0 Å². The summed E-state index contributed by atoms with van der Waals surface area (Å²) in [6.45, 7) is -0.759. The second kappa shape index (κ2) is 7.94. The molecule has 7 N–H and O–H groups in total. The van der Waals surface area contributed by atoms with Crippen molar-refractivity contribution in [1.29, 1.82) is 0 Å². The molecule has 0 saturated heterocycles. The molecule has 0 aliphatic rings. The number of nitrogen functional groups attached to an aromatic ring is 1. The van der Waals surface area contributed by atoms with Crippen molar-refractivity contribution in [2.45, 2.75) is 19.3 Å². The fourth-order valence-electron chi connectivity index (χ4n) is 1.99. The third kappa shape index (κ3) is 5.69. The lowest BCUT2D eigenvalue weighted by Gasteiger charge is -2.18. The van der Waals surface area contributed by atoms with Crippen molar-refractivity contribution >= 4 is 32.5 Å². The lowest BCUT2D eigenvalue weighted by atomic mass is 10.3. The summed E-state index contributed by atoms with van der Waals surface area (Å²) in [4.78, 5) is 48.2. The Labute approximate surface area is 145 Å². The van der Waals surface area contributed by atoms with E-state index >= 15 is 0 Å². The van der Waals surface area contributed by atoms with Gasteiger partial charge in [-0.25, -0.2) is 13.9 Å². The Morgan fingerprint density at radius 3 is 2.65 bits per heavy atom. The van der Waals surface area contributed by atoms with Gasteiger partial charge < -0.3 is 30.3 Å². The molecule has 2 atom stereocenters. The molecular formula is C10H17N5O9P2. The Hall–Kier alpha value is -1.63. The SMILES string of the molecule is Nc1nc2c(ncn2CO[C@@H](CO)CCP(=O)(O)OP(=O)(O)O)c(=O)[nH]1. The predicted octanol–water partition coefficient (Wildman–Crippen LogP) is -1.28. The topological polar surface area (TPSA) is 223 Å². The smallest absolute Gasteiger partial charge is 0.394 e. The molecule has 0 spiro atoms. The van der Waals surface area contributed by atoms with E-state index in [0.717, 1.165) is 0 Å². The molecule has 146 valence electrons. The van der Waals surface area contributed by atoms with Gasteiger partial charge in [0.1, 0.15) is 6.73 Å². The molecule has 0 fully saturated rings. The number of H-pyrrole nitrogens is 1. The van der Waals surface area contributed by atoms with Crippen molar-refractivity contribution < 1.29 is 38.0 Å². The van der Waals surface area contributed by atoms with E-state index in [1.165, 1.54) is 10.9 Å². The van der Waals surface area contributed by atoms with Crippen molar-refractivity contribution in [3.8, 4) is 0 Å². The minimum absolute atomic E-state index is 0.0262. The molecule has 14 nitrogen and oxygen atoms in total. The maximum absolute atomic E-state index is 11.7. The first-order valence-corrected chi connectivity index (χ1v) is 10.3. The van der Waals surface area contributed by atoms with Crippen LogP contribution in [0.15, 0.2) is 11.1 Å². The van der Waals surface area contributed by atoms with Gasteiger partial charge in [-0.05, 0) is 6.42 Å². The first-order chi connectivity index (χ1) is 12.0. The van der Waals surface area contributed by atoms with E-state index in [9.17, 15) is 23.9 Å². The van der Waals surface area contributed by atoms with Crippen molar-refractivity contribution in [1.82, 2.24) is 19.5 Å². The number of aliphatic hydroxyl groups is 1. The van der Waals surface area contributed by atoms with Gasteiger partial charge >= 0.3 is 15.4 Å². The normalized spacial score (nSPS) is 15.8. The Kier molecular flexibility index (Phi) is 6.32. The van der Waals surface area contributed by atoms with Crippen LogP contribution in [0.4, 0.5) is 5.95 Å². The summed E-state index contributed by atoms with van der Waals surface area (Å²) in [5, 5.41) is 9.28. The molecule has 1 unspecified atom stereocenters. The third-order valence-electron chi connectivity index (χ3n) is 3.11. The summed E-state index contributed by atoms with van der Waals surface area (Å²) in [7, 11) is -9.69. The fourth-order valence-corrected chi connectivity index (χ4v) is 4.26. The number of hydrogen-bond donors (Lipinski definition) is 6. The maximum atomic E-state index is 11.7. The number of nitrogens with zero attached hydrogens (tertiary/aromatic N) is 3. The Bertz CT molecular complexity index is 921. The lowest BCUT2D eigenvalue weighted by molar-refractivity contribution is -0.0239.